The van der Waals surface area contributed by atoms with E-state index in [-0.39, 0.29) is 18.0 Å². The summed E-state index contributed by atoms with van der Waals surface area (Å²) in [6, 6.07) is 15.5. The molecular formula is C23H26N4O3. The van der Waals surface area contributed by atoms with Crippen molar-refractivity contribution >= 4 is 11.9 Å². The van der Waals surface area contributed by atoms with Crippen molar-refractivity contribution in [3.05, 3.63) is 66.0 Å². The number of rotatable bonds is 6. The molecule has 4 rings (SSSR count). The lowest BCUT2D eigenvalue weighted by molar-refractivity contribution is -0.119. The summed E-state index contributed by atoms with van der Waals surface area (Å²) in [5.74, 6) is 2.19. The second kappa shape index (κ2) is 8.57. The summed E-state index contributed by atoms with van der Waals surface area (Å²) in [6.45, 7) is 2.01. The first-order valence-corrected chi connectivity index (χ1v) is 10.2. The number of carbonyl (C=O) groups is 1. The van der Waals surface area contributed by atoms with E-state index in [1.165, 1.54) is 6.33 Å². The van der Waals surface area contributed by atoms with Crippen LogP contribution in [0, 0.1) is 0 Å². The van der Waals surface area contributed by atoms with Gasteiger partial charge >= 0.3 is 0 Å². The number of para-hydroxylation sites is 1. The molecule has 0 radical (unpaired) electrons. The van der Waals surface area contributed by atoms with Crippen LogP contribution in [0.25, 0.3) is 0 Å². The first-order chi connectivity index (χ1) is 14.7. The van der Waals surface area contributed by atoms with Crippen molar-refractivity contribution in [2.24, 2.45) is 0 Å². The Hall–Kier alpha value is -3.35. The number of amides is 1. The number of hydrogen-bond acceptors (Lipinski definition) is 5. The van der Waals surface area contributed by atoms with Crippen molar-refractivity contribution in [2.45, 2.75) is 38.3 Å². The Balaban J connectivity index is 1.83. The fraction of sp³-hybridized carbons (Fsp3) is 0.348. The summed E-state index contributed by atoms with van der Waals surface area (Å²) in [7, 11) is 3.31. The maximum atomic E-state index is 13.1. The quantitative estimate of drug-likeness (QED) is 0.615. The highest BCUT2D eigenvalue weighted by Gasteiger charge is 2.39. The number of ether oxygens (including phenoxy) is 2. The van der Waals surface area contributed by atoms with Crippen LogP contribution in [0.4, 0.5) is 5.95 Å². The minimum Gasteiger partial charge on any atom is -0.497 e. The van der Waals surface area contributed by atoms with Gasteiger partial charge < -0.3 is 9.47 Å². The molecule has 7 heteroatoms. The van der Waals surface area contributed by atoms with Crippen LogP contribution in [0.1, 0.15) is 49.4 Å². The molecule has 2 atom stereocenters. The molecule has 0 fully saturated rings. The van der Waals surface area contributed by atoms with Gasteiger partial charge in [-0.15, -0.1) is 0 Å². The van der Waals surface area contributed by atoms with E-state index in [1.54, 1.807) is 19.1 Å². The lowest BCUT2D eigenvalue weighted by Crippen LogP contribution is -2.42. The van der Waals surface area contributed by atoms with Gasteiger partial charge in [-0.3, -0.25) is 9.69 Å². The van der Waals surface area contributed by atoms with Crippen LogP contribution in [0.2, 0.25) is 0 Å². The standard InChI is InChI=1S/C23H26N4O3/c1-4-7-22(28)26-19(16-10-12-17(29-2)13-11-16)14-20(27-23(26)24-15-25-27)18-8-5-6-9-21(18)30-3/h5-6,8-13,15,19-20H,4,7,14H2,1-3H3. The normalized spacial score (nSPS) is 18.0. The topological polar surface area (TPSA) is 69.5 Å². The van der Waals surface area contributed by atoms with E-state index in [2.05, 4.69) is 10.1 Å². The predicted octanol–water partition coefficient (Wildman–Crippen LogP) is 4.16. The number of hydrogen-bond donors (Lipinski definition) is 0. The molecule has 1 aliphatic heterocycles. The Morgan fingerprint density at radius 1 is 1.07 bits per heavy atom. The van der Waals surface area contributed by atoms with E-state index in [1.807, 2.05) is 60.1 Å². The summed E-state index contributed by atoms with van der Waals surface area (Å²) < 4.78 is 12.8. The zero-order chi connectivity index (χ0) is 21.1. The highest BCUT2D eigenvalue weighted by atomic mass is 16.5. The van der Waals surface area contributed by atoms with Crippen molar-refractivity contribution in [1.82, 2.24) is 14.8 Å². The van der Waals surface area contributed by atoms with Gasteiger partial charge in [0.1, 0.15) is 17.8 Å². The van der Waals surface area contributed by atoms with E-state index >= 15 is 0 Å². The molecule has 1 amide bonds. The molecule has 3 aromatic rings. The van der Waals surface area contributed by atoms with Gasteiger partial charge in [-0.25, -0.2) is 4.68 Å². The van der Waals surface area contributed by atoms with Gasteiger partial charge in [0, 0.05) is 12.0 Å². The molecule has 7 nitrogen and oxygen atoms in total. The van der Waals surface area contributed by atoms with E-state index in [0.717, 1.165) is 29.0 Å². The summed E-state index contributed by atoms with van der Waals surface area (Å²) in [6.07, 6.45) is 3.41. The second-order valence-corrected chi connectivity index (χ2v) is 7.30. The highest BCUT2D eigenvalue weighted by Crippen LogP contribution is 2.44. The zero-order valence-electron chi connectivity index (χ0n) is 17.5. The highest BCUT2D eigenvalue weighted by molar-refractivity contribution is 5.92. The van der Waals surface area contributed by atoms with Crippen molar-refractivity contribution in [3.8, 4) is 11.5 Å². The van der Waals surface area contributed by atoms with E-state index in [4.69, 9.17) is 9.47 Å². The average Bonchev–Trinajstić information content (AvgIpc) is 3.28. The van der Waals surface area contributed by atoms with E-state index in [0.29, 0.717) is 18.8 Å². The molecule has 0 N–H and O–H groups in total. The van der Waals surface area contributed by atoms with E-state index in [9.17, 15) is 4.79 Å². The Kier molecular flexibility index (Phi) is 5.70. The van der Waals surface area contributed by atoms with E-state index < -0.39 is 0 Å². The molecule has 0 bridgehead atoms. The summed E-state index contributed by atoms with van der Waals surface area (Å²) >= 11 is 0. The number of nitrogens with zero attached hydrogens (tertiary/aromatic N) is 4. The molecule has 0 aliphatic carbocycles. The Labute approximate surface area is 176 Å². The molecule has 2 heterocycles. The third-order valence-electron chi connectivity index (χ3n) is 5.55. The monoisotopic (exact) mass is 406 g/mol. The molecule has 1 aromatic heterocycles. The largest absolute Gasteiger partial charge is 0.497 e. The van der Waals surface area contributed by atoms with Gasteiger partial charge in [0.2, 0.25) is 11.9 Å². The van der Waals surface area contributed by atoms with Crippen molar-refractivity contribution < 1.29 is 14.3 Å². The van der Waals surface area contributed by atoms with Crippen LogP contribution in [-0.2, 0) is 4.79 Å². The molecule has 156 valence electrons. The Morgan fingerprint density at radius 3 is 2.53 bits per heavy atom. The first kappa shape index (κ1) is 19.9. The minimum absolute atomic E-state index is 0.0473. The Morgan fingerprint density at radius 2 is 1.83 bits per heavy atom. The van der Waals surface area contributed by atoms with Crippen LogP contribution in [-0.4, -0.2) is 34.9 Å². The van der Waals surface area contributed by atoms with Gasteiger partial charge in [0.05, 0.1) is 26.3 Å². The second-order valence-electron chi connectivity index (χ2n) is 7.30. The van der Waals surface area contributed by atoms with Crippen LogP contribution >= 0.6 is 0 Å². The van der Waals surface area contributed by atoms with Crippen LogP contribution in [0.5, 0.6) is 11.5 Å². The van der Waals surface area contributed by atoms with Crippen LogP contribution < -0.4 is 14.4 Å². The van der Waals surface area contributed by atoms with Gasteiger partial charge in [-0.2, -0.15) is 10.1 Å². The molecule has 1 aliphatic rings. The SMILES string of the molecule is CCCC(=O)N1c2ncnn2C(c2ccccc2OC)CC1c1ccc(OC)cc1. The fourth-order valence-corrected chi connectivity index (χ4v) is 4.12. The number of carbonyl (C=O) groups excluding carboxylic acids is 1. The molecule has 30 heavy (non-hydrogen) atoms. The summed E-state index contributed by atoms with van der Waals surface area (Å²) in [5.41, 5.74) is 2.06. The number of methoxy groups -OCH3 is 2. The van der Waals surface area contributed by atoms with Crippen LogP contribution in [0.3, 0.4) is 0 Å². The molecule has 2 unspecified atom stereocenters. The van der Waals surface area contributed by atoms with Crippen molar-refractivity contribution in [1.29, 1.82) is 0 Å². The smallest absolute Gasteiger partial charge is 0.231 e. The lowest BCUT2D eigenvalue weighted by atomic mass is 9.91. The Bertz CT molecular complexity index is 1020. The molecule has 0 saturated heterocycles. The predicted molar refractivity (Wildman–Crippen MR) is 114 cm³/mol. The lowest BCUT2D eigenvalue weighted by Gasteiger charge is -2.39. The number of benzene rings is 2. The summed E-state index contributed by atoms with van der Waals surface area (Å²) in [4.78, 5) is 19.4. The van der Waals surface area contributed by atoms with Gasteiger partial charge in [-0.1, -0.05) is 37.3 Å². The zero-order valence-corrected chi connectivity index (χ0v) is 17.5. The number of fused-ring (bicyclic) bond motifs is 1. The van der Waals surface area contributed by atoms with Gasteiger partial charge in [-0.05, 0) is 36.6 Å². The summed E-state index contributed by atoms with van der Waals surface area (Å²) in [5, 5.41) is 4.47. The number of anilines is 1. The van der Waals surface area contributed by atoms with Crippen molar-refractivity contribution in [2.75, 3.05) is 19.1 Å². The maximum Gasteiger partial charge on any atom is 0.231 e. The first-order valence-electron chi connectivity index (χ1n) is 10.2. The van der Waals surface area contributed by atoms with Gasteiger partial charge in [0.25, 0.3) is 0 Å². The third kappa shape index (κ3) is 3.51. The fourth-order valence-electron chi connectivity index (χ4n) is 4.12. The average molecular weight is 406 g/mol. The van der Waals surface area contributed by atoms with Crippen LogP contribution in [0.15, 0.2) is 54.9 Å². The van der Waals surface area contributed by atoms with Gasteiger partial charge in [0.15, 0.2) is 0 Å². The molecule has 2 aromatic carbocycles. The minimum atomic E-state index is -0.165. The molecule has 0 saturated carbocycles. The maximum absolute atomic E-state index is 13.1. The van der Waals surface area contributed by atoms with Crippen molar-refractivity contribution in [3.63, 3.8) is 0 Å². The third-order valence-corrected chi connectivity index (χ3v) is 5.55. The molecule has 0 spiro atoms. The number of aromatic nitrogens is 3. The molecular weight excluding hydrogens is 380 g/mol.